The summed E-state index contributed by atoms with van der Waals surface area (Å²) in [6, 6.07) is 4.60. The summed E-state index contributed by atoms with van der Waals surface area (Å²) in [4.78, 5) is 11.3. The minimum absolute atomic E-state index is 0.535. The molecule has 1 aromatic rings. The zero-order chi connectivity index (χ0) is 17.2. The fourth-order valence-electron chi connectivity index (χ4n) is 3.07. The summed E-state index contributed by atoms with van der Waals surface area (Å²) >= 11 is 5.81. The van der Waals surface area contributed by atoms with Crippen LogP contribution in [0.2, 0.25) is 5.15 Å². The lowest BCUT2D eigenvalue weighted by Gasteiger charge is -2.23. The molecule has 0 atom stereocenters. The van der Waals surface area contributed by atoms with Crippen molar-refractivity contribution < 1.29 is 0 Å². The predicted molar refractivity (Wildman–Crippen MR) is 102 cm³/mol. The maximum atomic E-state index is 5.81. The average molecular weight is 352 g/mol. The summed E-state index contributed by atoms with van der Waals surface area (Å²) in [6.07, 6.45) is 8.16. The molecule has 134 valence electrons. The highest BCUT2D eigenvalue weighted by atomic mass is 35.5. The van der Waals surface area contributed by atoms with E-state index in [0.29, 0.717) is 5.15 Å². The number of pyridine rings is 1. The van der Waals surface area contributed by atoms with Gasteiger partial charge in [0.15, 0.2) is 5.96 Å². The molecule has 24 heavy (non-hydrogen) atoms. The zero-order valence-electron chi connectivity index (χ0n) is 14.9. The molecule has 1 aliphatic rings. The minimum Gasteiger partial charge on any atom is -0.357 e. The number of hydrogen-bond acceptors (Lipinski definition) is 3. The fourth-order valence-corrected chi connectivity index (χ4v) is 3.18. The van der Waals surface area contributed by atoms with Gasteiger partial charge in [0.2, 0.25) is 0 Å². The van der Waals surface area contributed by atoms with Crippen LogP contribution in [-0.4, -0.2) is 55.1 Å². The van der Waals surface area contributed by atoms with E-state index in [2.05, 4.69) is 39.5 Å². The number of aliphatic imine (C=N–C) groups is 1. The molecule has 1 aliphatic carbocycles. The van der Waals surface area contributed by atoms with Gasteiger partial charge in [-0.3, -0.25) is 4.99 Å². The van der Waals surface area contributed by atoms with Crippen LogP contribution in [0.3, 0.4) is 0 Å². The molecule has 0 saturated heterocycles. The lowest BCUT2D eigenvalue weighted by Crippen LogP contribution is -2.39. The Labute approximate surface area is 150 Å². The molecule has 0 bridgehead atoms. The maximum absolute atomic E-state index is 5.81. The second-order valence-electron chi connectivity index (χ2n) is 6.35. The first-order chi connectivity index (χ1) is 11.7. The van der Waals surface area contributed by atoms with E-state index in [9.17, 15) is 0 Å². The molecule has 0 spiro atoms. The van der Waals surface area contributed by atoms with Crippen molar-refractivity contribution in [1.82, 2.24) is 20.5 Å². The molecular formula is C18H30ClN5. The van der Waals surface area contributed by atoms with Gasteiger partial charge in [-0.15, -0.1) is 0 Å². The fraction of sp³-hybridized carbons (Fsp3) is 0.667. The molecule has 1 aromatic heterocycles. The second-order valence-corrected chi connectivity index (χ2v) is 6.73. The standard InChI is InChI=1S/C18H30ClN5/c1-3-20-18(21-11-10-15-8-9-17(19)23-14-15)22-12-13-24(2)16-6-4-5-7-16/h8-9,14,16H,3-7,10-13H2,1-2H3,(H2,20,21,22). The first-order valence-corrected chi connectivity index (χ1v) is 9.39. The van der Waals surface area contributed by atoms with E-state index in [1.165, 1.54) is 31.2 Å². The number of hydrogen-bond donors (Lipinski definition) is 2. The highest BCUT2D eigenvalue weighted by Crippen LogP contribution is 2.21. The number of nitrogens with zero attached hydrogens (tertiary/aromatic N) is 3. The van der Waals surface area contributed by atoms with Crippen molar-refractivity contribution in [3.05, 3.63) is 29.0 Å². The molecule has 1 saturated carbocycles. The van der Waals surface area contributed by atoms with Crippen molar-refractivity contribution in [2.75, 3.05) is 33.2 Å². The van der Waals surface area contributed by atoms with Gasteiger partial charge in [0, 0.05) is 31.9 Å². The summed E-state index contributed by atoms with van der Waals surface area (Å²) in [7, 11) is 2.22. The topological polar surface area (TPSA) is 52.6 Å². The van der Waals surface area contributed by atoms with Gasteiger partial charge in [-0.1, -0.05) is 30.5 Å². The Hall–Kier alpha value is -1.33. The van der Waals surface area contributed by atoms with Gasteiger partial charge < -0.3 is 15.5 Å². The number of likely N-dealkylation sites (N-methyl/N-ethyl adjacent to an activating group) is 1. The van der Waals surface area contributed by atoms with E-state index in [0.717, 1.165) is 44.6 Å². The summed E-state index contributed by atoms with van der Waals surface area (Å²) in [5.41, 5.74) is 1.17. The molecule has 0 radical (unpaired) electrons. The molecule has 2 rings (SSSR count). The smallest absolute Gasteiger partial charge is 0.191 e. The van der Waals surface area contributed by atoms with Crippen molar-refractivity contribution in [2.45, 2.75) is 45.1 Å². The third-order valence-electron chi connectivity index (χ3n) is 4.51. The van der Waals surface area contributed by atoms with Crippen molar-refractivity contribution in [2.24, 2.45) is 4.99 Å². The van der Waals surface area contributed by atoms with E-state index in [4.69, 9.17) is 11.6 Å². The van der Waals surface area contributed by atoms with Crippen LogP contribution < -0.4 is 10.6 Å². The highest BCUT2D eigenvalue weighted by Gasteiger charge is 2.18. The monoisotopic (exact) mass is 351 g/mol. The van der Waals surface area contributed by atoms with Gasteiger partial charge in [-0.2, -0.15) is 0 Å². The first kappa shape index (κ1) is 19.0. The highest BCUT2D eigenvalue weighted by molar-refractivity contribution is 6.29. The third-order valence-corrected chi connectivity index (χ3v) is 4.73. The predicted octanol–water partition coefficient (Wildman–Crippen LogP) is 2.71. The molecule has 6 heteroatoms. The number of aromatic nitrogens is 1. The van der Waals surface area contributed by atoms with E-state index >= 15 is 0 Å². The van der Waals surface area contributed by atoms with Crippen LogP contribution in [0.4, 0.5) is 0 Å². The molecule has 1 fully saturated rings. The minimum atomic E-state index is 0.535. The van der Waals surface area contributed by atoms with Crippen molar-refractivity contribution in [3.63, 3.8) is 0 Å². The Morgan fingerprint density at radius 3 is 2.79 bits per heavy atom. The third kappa shape index (κ3) is 6.65. The van der Waals surface area contributed by atoms with Crippen LogP contribution >= 0.6 is 11.6 Å². The summed E-state index contributed by atoms with van der Waals surface area (Å²) in [5, 5.41) is 7.23. The van der Waals surface area contributed by atoms with Crippen LogP contribution in [0, 0.1) is 0 Å². The summed E-state index contributed by atoms with van der Waals surface area (Å²) < 4.78 is 0. The van der Waals surface area contributed by atoms with Crippen LogP contribution in [0.1, 0.15) is 38.2 Å². The number of nitrogens with one attached hydrogen (secondary N) is 2. The van der Waals surface area contributed by atoms with Crippen molar-refractivity contribution in [1.29, 1.82) is 0 Å². The van der Waals surface area contributed by atoms with Crippen LogP contribution in [0.5, 0.6) is 0 Å². The van der Waals surface area contributed by atoms with E-state index in [1.54, 1.807) is 0 Å². The van der Waals surface area contributed by atoms with Gasteiger partial charge in [-0.25, -0.2) is 4.98 Å². The molecule has 2 N–H and O–H groups in total. The Morgan fingerprint density at radius 1 is 1.33 bits per heavy atom. The lowest BCUT2D eigenvalue weighted by molar-refractivity contribution is 0.252. The van der Waals surface area contributed by atoms with Gasteiger partial charge in [0.1, 0.15) is 5.15 Å². The first-order valence-electron chi connectivity index (χ1n) is 9.02. The van der Waals surface area contributed by atoms with Gasteiger partial charge in [-0.05, 0) is 44.9 Å². The van der Waals surface area contributed by atoms with E-state index < -0.39 is 0 Å². The molecule has 0 aromatic carbocycles. The summed E-state index contributed by atoms with van der Waals surface area (Å²) in [5.74, 6) is 0.888. The van der Waals surface area contributed by atoms with Crippen molar-refractivity contribution >= 4 is 17.6 Å². The molecule has 0 amide bonds. The Kier molecular flexibility index (Phi) is 8.33. The van der Waals surface area contributed by atoms with Crippen LogP contribution in [0.15, 0.2) is 23.3 Å². The second kappa shape index (κ2) is 10.5. The zero-order valence-corrected chi connectivity index (χ0v) is 15.6. The largest absolute Gasteiger partial charge is 0.357 e. The van der Waals surface area contributed by atoms with Crippen molar-refractivity contribution in [3.8, 4) is 0 Å². The molecule has 5 nitrogen and oxygen atoms in total. The lowest BCUT2D eigenvalue weighted by atomic mass is 10.2. The number of rotatable bonds is 8. The average Bonchev–Trinajstić information content (AvgIpc) is 3.11. The maximum Gasteiger partial charge on any atom is 0.191 e. The summed E-state index contributed by atoms with van der Waals surface area (Å²) in [6.45, 7) is 5.62. The number of guanidine groups is 1. The van der Waals surface area contributed by atoms with Crippen LogP contribution in [-0.2, 0) is 6.42 Å². The van der Waals surface area contributed by atoms with Gasteiger partial charge >= 0.3 is 0 Å². The van der Waals surface area contributed by atoms with E-state index in [-0.39, 0.29) is 0 Å². The number of halogens is 1. The SMILES string of the molecule is CCNC(=NCCN(C)C1CCCC1)NCCc1ccc(Cl)nc1. The Morgan fingerprint density at radius 2 is 2.12 bits per heavy atom. The Bertz CT molecular complexity index is 497. The Balaban J connectivity index is 1.72. The van der Waals surface area contributed by atoms with Gasteiger partial charge in [0.05, 0.1) is 6.54 Å². The normalized spacial score (nSPS) is 15.9. The molecule has 0 aliphatic heterocycles. The van der Waals surface area contributed by atoms with E-state index in [1.807, 2.05) is 18.3 Å². The molecular weight excluding hydrogens is 322 g/mol. The van der Waals surface area contributed by atoms with Gasteiger partial charge in [0.25, 0.3) is 0 Å². The van der Waals surface area contributed by atoms with Crippen LogP contribution in [0.25, 0.3) is 0 Å². The molecule has 0 unspecified atom stereocenters. The quantitative estimate of drug-likeness (QED) is 0.429. The molecule has 1 heterocycles.